The standard InChI is InChI=1S/C12H15Cl2NO/c1-9(15(2)12(16)7-8-13)10-5-3-4-6-11(10)14/h3-6,9H,7-8H2,1-2H3. The first kappa shape index (κ1) is 13.3. The summed E-state index contributed by atoms with van der Waals surface area (Å²) in [6.45, 7) is 1.95. The maximum Gasteiger partial charge on any atom is 0.224 e. The summed E-state index contributed by atoms with van der Waals surface area (Å²) in [5, 5.41) is 0.681. The Balaban J connectivity index is 2.82. The molecule has 1 unspecified atom stereocenters. The van der Waals surface area contributed by atoms with Crippen LogP contribution in [-0.4, -0.2) is 23.7 Å². The highest BCUT2D eigenvalue weighted by molar-refractivity contribution is 6.31. The summed E-state index contributed by atoms with van der Waals surface area (Å²) in [4.78, 5) is 13.3. The minimum atomic E-state index is -0.0376. The van der Waals surface area contributed by atoms with Gasteiger partial charge in [-0.2, -0.15) is 0 Å². The highest BCUT2D eigenvalue weighted by Gasteiger charge is 2.18. The number of rotatable bonds is 4. The van der Waals surface area contributed by atoms with Gasteiger partial charge in [0.1, 0.15) is 0 Å². The zero-order valence-corrected chi connectivity index (χ0v) is 10.9. The van der Waals surface area contributed by atoms with Gasteiger partial charge in [-0.3, -0.25) is 4.79 Å². The summed E-state index contributed by atoms with van der Waals surface area (Å²) in [7, 11) is 1.77. The topological polar surface area (TPSA) is 20.3 Å². The van der Waals surface area contributed by atoms with Gasteiger partial charge in [0.25, 0.3) is 0 Å². The Bertz CT molecular complexity index is 368. The van der Waals surface area contributed by atoms with Gasteiger partial charge in [0.2, 0.25) is 5.91 Å². The lowest BCUT2D eigenvalue weighted by molar-refractivity contribution is -0.131. The molecule has 2 nitrogen and oxygen atoms in total. The number of carbonyl (C=O) groups excluding carboxylic acids is 1. The van der Waals surface area contributed by atoms with Crippen molar-refractivity contribution in [2.75, 3.05) is 12.9 Å². The molecule has 0 bridgehead atoms. The quantitative estimate of drug-likeness (QED) is 0.759. The van der Waals surface area contributed by atoms with E-state index in [1.54, 1.807) is 11.9 Å². The average Bonchev–Trinajstić information content (AvgIpc) is 2.28. The van der Waals surface area contributed by atoms with Crippen molar-refractivity contribution < 1.29 is 4.79 Å². The predicted molar refractivity (Wildman–Crippen MR) is 68.0 cm³/mol. The second-order valence-electron chi connectivity index (χ2n) is 3.64. The summed E-state index contributed by atoms with van der Waals surface area (Å²) in [5.74, 6) is 0.376. The van der Waals surface area contributed by atoms with Crippen LogP contribution in [0.3, 0.4) is 0 Å². The summed E-state index contributed by atoms with van der Waals surface area (Å²) >= 11 is 11.6. The Kier molecular flexibility index (Phi) is 5.10. The molecule has 0 radical (unpaired) electrons. The summed E-state index contributed by atoms with van der Waals surface area (Å²) < 4.78 is 0. The van der Waals surface area contributed by atoms with E-state index in [1.165, 1.54) is 0 Å². The molecule has 0 heterocycles. The van der Waals surface area contributed by atoms with Crippen molar-refractivity contribution in [3.05, 3.63) is 34.9 Å². The van der Waals surface area contributed by atoms with E-state index in [9.17, 15) is 4.79 Å². The zero-order valence-electron chi connectivity index (χ0n) is 9.41. The van der Waals surface area contributed by atoms with Gasteiger partial charge in [0.05, 0.1) is 6.04 Å². The molecule has 1 amide bonds. The number of hydrogen-bond acceptors (Lipinski definition) is 1. The van der Waals surface area contributed by atoms with Crippen LogP contribution >= 0.6 is 23.2 Å². The smallest absolute Gasteiger partial charge is 0.224 e. The van der Waals surface area contributed by atoms with E-state index >= 15 is 0 Å². The lowest BCUT2D eigenvalue weighted by Gasteiger charge is -2.25. The molecular formula is C12H15Cl2NO. The Labute approximate surface area is 106 Å². The fourth-order valence-corrected chi connectivity index (χ4v) is 1.95. The lowest BCUT2D eigenvalue weighted by atomic mass is 10.1. The molecule has 0 saturated carbocycles. The molecule has 0 aliphatic rings. The van der Waals surface area contributed by atoms with Gasteiger partial charge >= 0.3 is 0 Å². The number of amides is 1. The fraction of sp³-hybridized carbons (Fsp3) is 0.417. The van der Waals surface area contributed by atoms with Crippen LogP contribution in [0, 0.1) is 0 Å². The van der Waals surface area contributed by atoms with Crippen LogP contribution in [0.25, 0.3) is 0 Å². The number of benzene rings is 1. The highest BCUT2D eigenvalue weighted by atomic mass is 35.5. The molecule has 0 fully saturated rings. The van der Waals surface area contributed by atoms with Crippen molar-refractivity contribution >= 4 is 29.1 Å². The molecule has 0 aromatic heterocycles. The van der Waals surface area contributed by atoms with Gasteiger partial charge in [0, 0.05) is 24.4 Å². The molecule has 0 spiro atoms. The van der Waals surface area contributed by atoms with Gasteiger partial charge in [0.15, 0.2) is 0 Å². The summed E-state index contributed by atoms with van der Waals surface area (Å²) in [5.41, 5.74) is 0.953. The van der Waals surface area contributed by atoms with E-state index in [4.69, 9.17) is 23.2 Å². The van der Waals surface area contributed by atoms with Gasteiger partial charge in [-0.05, 0) is 18.6 Å². The Morgan fingerprint density at radius 3 is 2.62 bits per heavy atom. The van der Waals surface area contributed by atoms with Crippen LogP contribution in [0.1, 0.15) is 24.9 Å². The third-order valence-corrected chi connectivity index (χ3v) is 3.17. The van der Waals surface area contributed by atoms with Gasteiger partial charge in [-0.15, -0.1) is 11.6 Å². The van der Waals surface area contributed by atoms with E-state index in [1.807, 2.05) is 31.2 Å². The molecular weight excluding hydrogens is 245 g/mol. The van der Waals surface area contributed by atoms with Crippen LogP contribution in [0.5, 0.6) is 0 Å². The molecule has 0 aliphatic heterocycles. The van der Waals surface area contributed by atoms with Crippen LogP contribution in [0.2, 0.25) is 5.02 Å². The van der Waals surface area contributed by atoms with E-state index in [-0.39, 0.29) is 11.9 Å². The number of carbonyl (C=O) groups is 1. The van der Waals surface area contributed by atoms with Gasteiger partial charge < -0.3 is 4.90 Å². The maximum absolute atomic E-state index is 11.7. The molecule has 1 aromatic carbocycles. The van der Waals surface area contributed by atoms with Crippen molar-refractivity contribution in [1.82, 2.24) is 4.90 Å². The van der Waals surface area contributed by atoms with Crippen LogP contribution < -0.4 is 0 Å². The SMILES string of the molecule is CC(c1ccccc1Cl)N(C)C(=O)CCCl. The number of nitrogens with zero attached hydrogens (tertiary/aromatic N) is 1. The number of alkyl halides is 1. The first-order chi connectivity index (χ1) is 7.57. The Morgan fingerprint density at radius 1 is 1.44 bits per heavy atom. The molecule has 0 saturated heterocycles. The van der Waals surface area contributed by atoms with Gasteiger partial charge in [-0.1, -0.05) is 29.8 Å². The maximum atomic E-state index is 11.7. The second kappa shape index (κ2) is 6.12. The molecule has 1 aromatic rings. The minimum Gasteiger partial charge on any atom is -0.339 e. The Morgan fingerprint density at radius 2 is 2.06 bits per heavy atom. The van der Waals surface area contributed by atoms with Crippen LogP contribution in [0.15, 0.2) is 24.3 Å². The minimum absolute atomic E-state index is 0.0300. The fourth-order valence-electron chi connectivity index (χ4n) is 1.50. The molecule has 0 aliphatic carbocycles. The monoisotopic (exact) mass is 259 g/mol. The lowest BCUT2D eigenvalue weighted by Crippen LogP contribution is -2.29. The third kappa shape index (κ3) is 3.13. The van der Waals surface area contributed by atoms with Crippen LogP contribution in [0.4, 0.5) is 0 Å². The number of halogens is 2. The first-order valence-corrected chi connectivity index (χ1v) is 6.05. The van der Waals surface area contributed by atoms with Crippen molar-refractivity contribution in [2.45, 2.75) is 19.4 Å². The highest BCUT2D eigenvalue weighted by Crippen LogP contribution is 2.26. The normalized spacial score (nSPS) is 12.2. The zero-order chi connectivity index (χ0) is 12.1. The third-order valence-electron chi connectivity index (χ3n) is 2.64. The number of hydrogen-bond donors (Lipinski definition) is 0. The molecule has 88 valence electrons. The van der Waals surface area contributed by atoms with Crippen molar-refractivity contribution in [2.24, 2.45) is 0 Å². The summed E-state index contributed by atoms with van der Waals surface area (Å²) in [6.07, 6.45) is 0.354. The first-order valence-electron chi connectivity index (χ1n) is 5.14. The van der Waals surface area contributed by atoms with Crippen molar-refractivity contribution in [1.29, 1.82) is 0 Å². The average molecular weight is 260 g/mol. The molecule has 0 N–H and O–H groups in total. The molecule has 1 rings (SSSR count). The van der Waals surface area contributed by atoms with Crippen molar-refractivity contribution in [3.63, 3.8) is 0 Å². The van der Waals surface area contributed by atoms with E-state index < -0.39 is 0 Å². The summed E-state index contributed by atoms with van der Waals surface area (Å²) in [6, 6.07) is 7.51. The largest absolute Gasteiger partial charge is 0.339 e. The van der Waals surface area contributed by atoms with Crippen LogP contribution in [-0.2, 0) is 4.79 Å². The Hall–Kier alpha value is -0.730. The molecule has 4 heteroatoms. The van der Waals surface area contributed by atoms with Gasteiger partial charge in [-0.25, -0.2) is 0 Å². The van der Waals surface area contributed by atoms with Crippen molar-refractivity contribution in [3.8, 4) is 0 Å². The van der Waals surface area contributed by atoms with E-state index in [0.717, 1.165) is 5.56 Å². The van der Waals surface area contributed by atoms with E-state index in [0.29, 0.717) is 17.3 Å². The molecule has 16 heavy (non-hydrogen) atoms. The second-order valence-corrected chi connectivity index (χ2v) is 4.43. The van der Waals surface area contributed by atoms with E-state index in [2.05, 4.69) is 0 Å². The molecule has 1 atom stereocenters. The predicted octanol–water partition coefficient (Wildman–Crippen LogP) is 3.49.